The Kier molecular flexibility index (Phi) is 6.05. The molecule has 3 aromatic carbocycles. The van der Waals surface area contributed by atoms with Crippen molar-refractivity contribution in [3.63, 3.8) is 0 Å². The molecule has 0 aromatic heterocycles. The van der Waals surface area contributed by atoms with Crippen LogP contribution in [0.15, 0.2) is 77.7 Å². The van der Waals surface area contributed by atoms with Gasteiger partial charge < -0.3 is 15.0 Å². The highest BCUT2D eigenvalue weighted by Gasteiger charge is 2.23. The summed E-state index contributed by atoms with van der Waals surface area (Å²) >= 11 is 1.47. The molecule has 1 heterocycles. The van der Waals surface area contributed by atoms with Gasteiger partial charge in [-0.2, -0.15) is 0 Å². The van der Waals surface area contributed by atoms with Crippen LogP contribution in [0.25, 0.3) is 0 Å². The molecule has 1 N–H and O–H groups in total. The number of benzene rings is 3. The van der Waals surface area contributed by atoms with Crippen molar-refractivity contribution in [3.05, 3.63) is 83.9 Å². The van der Waals surface area contributed by atoms with Gasteiger partial charge in [0.2, 0.25) is 5.91 Å². The Morgan fingerprint density at radius 3 is 2.73 bits per heavy atom. The van der Waals surface area contributed by atoms with Crippen LogP contribution in [0.3, 0.4) is 0 Å². The van der Waals surface area contributed by atoms with Crippen LogP contribution in [-0.4, -0.2) is 31.2 Å². The highest BCUT2D eigenvalue weighted by molar-refractivity contribution is 8.00. The average Bonchev–Trinajstić information content (AvgIpc) is 3.22. The number of anilines is 2. The third-order valence-electron chi connectivity index (χ3n) is 4.97. The monoisotopic (exact) mass is 418 g/mol. The second-order valence-corrected chi connectivity index (χ2v) is 7.98. The predicted molar refractivity (Wildman–Crippen MR) is 121 cm³/mol. The zero-order valence-corrected chi connectivity index (χ0v) is 17.4. The van der Waals surface area contributed by atoms with E-state index in [1.807, 2.05) is 47.4 Å². The summed E-state index contributed by atoms with van der Waals surface area (Å²) in [6.45, 7) is 0.732. The third-order valence-corrected chi connectivity index (χ3v) is 5.95. The minimum Gasteiger partial charge on any atom is -0.497 e. The van der Waals surface area contributed by atoms with E-state index in [9.17, 15) is 9.59 Å². The number of carbonyl (C=O) groups is 2. The van der Waals surface area contributed by atoms with Gasteiger partial charge in [0.15, 0.2) is 0 Å². The fourth-order valence-electron chi connectivity index (χ4n) is 3.45. The molecular weight excluding hydrogens is 396 g/mol. The fourth-order valence-corrected chi connectivity index (χ4v) is 4.28. The Hall–Kier alpha value is -3.25. The van der Waals surface area contributed by atoms with Crippen molar-refractivity contribution in [1.82, 2.24) is 0 Å². The Morgan fingerprint density at radius 2 is 1.87 bits per heavy atom. The van der Waals surface area contributed by atoms with Crippen LogP contribution >= 0.6 is 11.8 Å². The quantitative estimate of drug-likeness (QED) is 0.593. The molecule has 0 saturated carbocycles. The Balaban J connectivity index is 1.38. The first-order valence-electron chi connectivity index (χ1n) is 9.70. The average molecular weight is 419 g/mol. The maximum absolute atomic E-state index is 12.7. The fraction of sp³-hybridized carbons (Fsp3) is 0.167. The molecule has 4 rings (SSSR count). The number of fused-ring (bicyclic) bond motifs is 1. The van der Waals surface area contributed by atoms with Crippen molar-refractivity contribution in [2.24, 2.45) is 0 Å². The van der Waals surface area contributed by atoms with Gasteiger partial charge in [0.25, 0.3) is 5.91 Å². The molecular formula is C24H22N2O3S. The molecule has 30 heavy (non-hydrogen) atoms. The lowest BCUT2D eigenvalue weighted by molar-refractivity contribution is -0.116. The summed E-state index contributed by atoms with van der Waals surface area (Å²) in [5.41, 5.74) is 3.45. The lowest BCUT2D eigenvalue weighted by atomic mass is 10.2. The minimum absolute atomic E-state index is 0.0933. The summed E-state index contributed by atoms with van der Waals surface area (Å²) in [6.07, 6.45) is 0.901. The van der Waals surface area contributed by atoms with Gasteiger partial charge in [-0.1, -0.05) is 30.3 Å². The van der Waals surface area contributed by atoms with Gasteiger partial charge in [-0.3, -0.25) is 9.59 Å². The summed E-state index contributed by atoms with van der Waals surface area (Å²) in [4.78, 5) is 28.0. The van der Waals surface area contributed by atoms with E-state index in [-0.39, 0.29) is 11.8 Å². The Labute approximate surface area is 180 Å². The Morgan fingerprint density at radius 1 is 1.03 bits per heavy atom. The molecule has 6 heteroatoms. The molecule has 0 unspecified atom stereocenters. The maximum Gasteiger partial charge on any atom is 0.255 e. The van der Waals surface area contributed by atoms with E-state index in [1.54, 1.807) is 31.4 Å². The number of ether oxygens (including phenoxy) is 1. The smallest absolute Gasteiger partial charge is 0.255 e. The molecule has 0 radical (unpaired) electrons. The van der Waals surface area contributed by atoms with Crippen molar-refractivity contribution in [3.8, 4) is 5.75 Å². The zero-order chi connectivity index (χ0) is 20.9. The molecule has 1 aliphatic heterocycles. The highest BCUT2D eigenvalue weighted by Crippen LogP contribution is 2.29. The van der Waals surface area contributed by atoms with E-state index in [2.05, 4.69) is 11.4 Å². The summed E-state index contributed by atoms with van der Waals surface area (Å²) in [5, 5.41) is 2.90. The number of para-hydroxylation sites is 1. The van der Waals surface area contributed by atoms with Crippen LogP contribution in [0.5, 0.6) is 5.75 Å². The molecule has 0 spiro atoms. The van der Waals surface area contributed by atoms with Crippen LogP contribution in [0, 0.1) is 0 Å². The second kappa shape index (κ2) is 9.05. The first-order valence-corrected chi connectivity index (χ1v) is 10.7. The van der Waals surface area contributed by atoms with Gasteiger partial charge in [-0.15, -0.1) is 11.8 Å². The van der Waals surface area contributed by atoms with Crippen LogP contribution in [-0.2, 0) is 11.2 Å². The number of thioether (sulfide) groups is 1. The molecule has 3 aromatic rings. The van der Waals surface area contributed by atoms with Gasteiger partial charge >= 0.3 is 0 Å². The first-order chi connectivity index (χ1) is 14.6. The summed E-state index contributed by atoms with van der Waals surface area (Å²) in [5.74, 6) is 0.868. The number of hydrogen-bond acceptors (Lipinski definition) is 4. The molecule has 152 valence electrons. The number of methoxy groups -OCH3 is 1. The third kappa shape index (κ3) is 4.49. The minimum atomic E-state index is -0.208. The number of rotatable bonds is 6. The standard InChI is InChI=1S/C24H22N2O3S/c1-29-20-9-4-7-18(14-20)24(28)25-19-8-5-10-21(15-19)30-16-23(27)26-13-12-17-6-2-3-11-22(17)26/h2-11,14-15H,12-13,16H2,1H3,(H,25,28). The number of nitrogens with one attached hydrogen (secondary N) is 1. The van der Waals surface area contributed by atoms with Gasteiger partial charge in [0.1, 0.15) is 5.75 Å². The number of nitrogens with zero attached hydrogens (tertiary/aromatic N) is 1. The number of carbonyl (C=O) groups excluding carboxylic acids is 2. The summed E-state index contributed by atoms with van der Waals surface area (Å²) in [6, 6.07) is 22.6. The van der Waals surface area contributed by atoms with E-state index in [0.29, 0.717) is 22.8 Å². The first kappa shape index (κ1) is 20.0. The second-order valence-electron chi connectivity index (χ2n) is 6.93. The van der Waals surface area contributed by atoms with Gasteiger partial charge in [-0.05, 0) is 54.4 Å². The topological polar surface area (TPSA) is 58.6 Å². The van der Waals surface area contributed by atoms with Crippen molar-refractivity contribution in [2.75, 3.05) is 29.6 Å². The lowest BCUT2D eigenvalue weighted by Crippen LogP contribution is -2.30. The van der Waals surface area contributed by atoms with E-state index in [0.717, 1.165) is 23.5 Å². The molecule has 0 atom stereocenters. The molecule has 0 saturated heterocycles. The molecule has 2 amide bonds. The summed E-state index contributed by atoms with van der Waals surface area (Å²) in [7, 11) is 1.57. The molecule has 5 nitrogen and oxygen atoms in total. The van der Waals surface area contributed by atoms with Gasteiger partial charge in [0.05, 0.1) is 12.9 Å². The van der Waals surface area contributed by atoms with Crippen LogP contribution in [0.4, 0.5) is 11.4 Å². The van der Waals surface area contributed by atoms with Crippen LogP contribution in [0.2, 0.25) is 0 Å². The SMILES string of the molecule is COc1cccc(C(=O)Nc2cccc(SCC(=O)N3CCc4ccccc43)c2)c1. The van der Waals surface area contributed by atoms with E-state index in [4.69, 9.17) is 4.74 Å². The zero-order valence-electron chi connectivity index (χ0n) is 16.6. The predicted octanol–water partition coefficient (Wildman–Crippen LogP) is 4.63. The Bertz CT molecular complexity index is 1080. The van der Waals surface area contributed by atoms with Gasteiger partial charge in [0, 0.05) is 28.4 Å². The molecule has 0 aliphatic carbocycles. The van der Waals surface area contributed by atoms with Crippen molar-refractivity contribution in [1.29, 1.82) is 0 Å². The van der Waals surface area contributed by atoms with E-state index < -0.39 is 0 Å². The molecule has 1 aliphatic rings. The largest absolute Gasteiger partial charge is 0.497 e. The number of hydrogen-bond donors (Lipinski definition) is 1. The van der Waals surface area contributed by atoms with Crippen molar-refractivity contribution in [2.45, 2.75) is 11.3 Å². The molecule has 0 fully saturated rings. The van der Waals surface area contributed by atoms with E-state index in [1.165, 1.54) is 17.3 Å². The van der Waals surface area contributed by atoms with E-state index >= 15 is 0 Å². The van der Waals surface area contributed by atoms with Gasteiger partial charge in [-0.25, -0.2) is 0 Å². The number of amides is 2. The summed E-state index contributed by atoms with van der Waals surface area (Å²) < 4.78 is 5.17. The lowest BCUT2D eigenvalue weighted by Gasteiger charge is -2.17. The van der Waals surface area contributed by atoms with Crippen LogP contribution in [0.1, 0.15) is 15.9 Å². The van der Waals surface area contributed by atoms with Crippen LogP contribution < -0.4 is 15.0 Å². The van der Waals surface area contributed by atoms with Crippen molar-refractivity contribution < 1.29 is 14.3 Å². The normalized spacial score (nSPS) is 12.4. The molecule has 0 bridgehead atoms. The van der Waals surface area contributed by atoms with Crippen molar-refractivity contribution >= 4 is 35.0 Å². The maximum atomic E-state index is 12.7. The highest BCUT2D eigenvalue weighted by atomic mass is 32.2.